The highest BCUT2D eigenvalue weighted by Gasteiger charge is 2.33. The van der Waals surface area contributed by atoms with Crippen LogP contribution in [-0.4, -0.2) is 40.7 Å². The minimum absolute atomic E-state index is 0.196. The van der Waals surface area contributed by atoms with Gasteiger partial charge in [-0.3, -0.25) is 9.89 Å². The fourth-order valence-corrected chi connectivity index (χ4v) is 4.39. The first kappa shape index (κ1) is 20.8. The molecule has 1 N–H and O–H groups in total. The molecule has 2 heterocycles. The fraction of sp³-hybridized carbons (Fsp3) is 0.545. The van der Waals surface area contributed by atoms with Gasteiger partial charge in [-0.25, -0.2) is 0 Å². The molecule has 2 aromatic rings. The Morgan fingerprint density at radius 2 is 2.00 bits per heavy atom. The molecule has 30 heavy (non-hydrogen) atoms. The molecule has 0 bridgehead atoms. The maximum atomic E-state index is 12.8. The quantitative estimate of drug-likeness (QED) is 0.744. The average Bonchev–Trinajstić information content (AvgIpc) is 3.47. The number of halogens is 3. The second-order valence-electron chi connectivity index (χ2n) is 8.19. The summed E-state index contributed by atoms with van der Waals surface area (Å²) < 4.78 is 43.8. The van der Waals surface area contributed by atoms with Gasteiger partial charge in [0.1, 0.15) is 5.75 Å². The van der Waals surface area contributed by atoms with Gasteiger partial charge in [0.05, 0.1) is 17.9 Å². The zero-order chi connectivity index (χ0) is 21.1. The van der Waals surface area contributed by atoms with E-state index in [9.17, 15) is 18.0 Å². The number of carbonyl (C=O) groups excluding carboxylic acids is 1. The summed E-state index contributed by atoms with van der Waals surface area (Å²) in [6, 6.07) is 6.86. The number of H-pyrrole nitrogens is 1. The van der Waals surface area contributed by atoms with Gasteiger partial charge < -0.3 is 9.64 Å². The van der Waals surface area contributed by atoms with Gasteiger partial charge in [0.25, 0.3) is 0 Å². The summed E-state index contributed by atoms with van der Waals surface area (Å²) in [7, 11) is 0. The number of ether oxygens (including phenoxy) is 1. The summed E-state index contributed by atoms with van der Waals surface area (Å²) in [6.45, 7) is 1.74. The lowest BCUT2D eigenvalue weighted by Crippen LogP contribution is -2.33. The average molecular weight is 421 g/mol. The third-order valence-corrected chi connectivity index (χ3v) is 6.07. The Bertz CT molecular complexity index is 875. The van der Waals surface area contributed by atoms with Crippen LogP contribution in [0.4, 0.5) is 13.2 Å². The van der Waals surface area contributed by atoms with Crippen LogP contribution < -0.4 is 4.74 Å². The maximum Gasteiger partial charge on any atom is 0.416 e. The number of benzene rings is 1. The van der Waals surface area contributed by atoms with Gasteiger partial charge in [-0.05, 0) is 43.5 Å². The summed E-state index contributed by atoms with van der Waals surface area (Å²) in [5.74, 6) is 0.915. The summed E-state index contributed by atoms with van der Waals surface area (Å²) in [5.41, 5.74) is 1.09. The van der Waals surface area contributed by atoms with Crippen LogP contribution in [0.15, 0.2) is 30.3 Å². The van der Waals surface area contributed by atoms with Crippen LogP contribution >= 0.6 is 0 Å². The Hall–Kier alpha value is -2.51. The highest BCUT2D eigenvalue weighted by molar-refractivity contribution is 5.79. The van der Waals surface area contributed by atoms with Crippen LogP contribution in [-0.2, 0) is 17.4 Å². The number of hydrogen-bond acceptors (Lipinski definition) is 3. The molecule has 1 aromatic carbocycles. The third kappa shape index (κ3) is 4.79. The molecular formula is C22H26F3N3O2. The topological polar surface area (TPSA) is 58.2 Å². The maximum absolute atomic E-state index is 12.8. The molecule has 5 nitrogen and oxygen atoms in total. The number of amides is 1. The second-order valence-corrected chi connectivity index (χ2v) is 8.19. The van der Waals surface area contributed by atoms with E-state index in [1.54, 1.807) is 0 Å². The molecule has 1 amide bonds. The number of carbonyl (C=O) groups is 1. The van der Waals surface area contributed by atoms with E-state index in [1.807, 2.05) is 11.0 Å². The van der Waals surface area contributed by atoms with Crippen molar-refractivity contribution < 1.29 is 22.7 Å². The first-order valence-corrected chi connectivity index (χ1v) is 10.5. The number of rotatable bonds is 6. The number of alkyl halides is 3. The molecule has 1 atom stereocenters. The van der Waals surface area contributed by atoms with Crippen molar-refractivity contribution in [1.29, 1.82) is 0 Å². The van der Waals surface area contributed by atoms with Gasteiger partial charge in [0.15, 0.2) is 0 Å². The molecular weight excluding hydrogens is 395 g/mol. The van der Waals surface area contributed by atoms with E-state index in [4.69, 9.17) is 4.74 Å². The van der Waals surface area contributed by atoms with E-state index in [1.165, 1.54) is 12.1 Å². The van der Waals surface area contributed by atoms with Crippen LogP contribution in [0.1, 0.15) is 55.0 Å². The minimum atomic E-state index is -4.38. The predicted octanol–water partition coefficient (Wildman–Crippen LogP) is 4.56. The number of nitrogens with one attached hydrogen (secondary N) is 1. The Balaban J connectivity index is 1.27. The molecule has 1 saturated carbocycles. The van der Waals surface area contributed by atoms with Crippen LogP contribution in [0.3, 0.4) is 0 Å². The lowest BCUT2D eigenvalue weighted by atomic mass is 10.0. The molecule has 1 aliphatic carbocycles. The van der Waals surface area contributed by atoms with Crippen molar-refractivity contribution in [3.63, 3.8) is 0 Å². The zero-order valence-electron chi connectivity index (χ0n) is 16.8. The molecule has 0 spiro atoms. The monoisotopic (exact) mass is 421 g/mol. The van der Waals surface area contributed by atoms with Gasteiger partial charge in [-0.1, -0.05) is 18.9 Å². The van der Waals surface area contributed by atoms with Crippen LogP contribution in [0.2, 0.25) is 0 Å². The van der Waals surface area contributed by atoms with Gasteiger partial charge in [0, 0.05) is 37.0 Å². The summed E-state index contributed by atoms with van der Waals surface area (Å²) >= 11 is 0. The third-order valence-electron chi connectivity index (χ3n) is 6.07. The largest absolute Gasteiger partial charge is 0.493 e. The molecule has 1 aromatic heterocycles. The number of hydrogen-bond donors (Lipinski definition) is 1. The van der Waals surface area contributed by atoms with Gasteiger partial charge >= 0.3 is 6.18 Å². The second kappa shape index (κ2) is 8.70. The molecule has 2 fully saturated rings. The predicted molar refractivity (Wildman–Crippen MR) is 105 cm³/mol. The number of aromatic amines is 1. The standard InChI is InChI=1S/C22H26F3N3O2/c23-22(24,25)17-6-3-7-19(12-17)30-11-9-18-13-20(27-26-18)16-8-10-28(14-16)21(29)15-4-1-2-5-15/h3,6-7,12-13,15-16H,1-2,4-5,8-11,14H2,(H,26,27)/t16-/m1/s1. The zero-order valence-corrected chi connectivity index (χ0v) is 16.8. The molecule has 0 unspecified atom stereocenters. The first-order valence-electron chi connectivity index (χ1n) is 10.5. The Labute approximate surface area is 173 Å². The van der Waals surface area contributed by atoms with Gasteiger partial charge in [-0.2, -0.15) is 18.3 Å². The summed E-state index contributed by atoms with van der Waals surface area (Å²) in [6.07, 6.45) is 1.37. The van der Waals surface area contributed by atoms with Crippen LogP contribution in [0.25, 0.3) is 0 Å². The number of nitrogens with zero attached hydrogens (tertiary/aromatic N) is 2. The SMILES string of the molecule is O=C(C1CCCC1)N1CC[C@@H](c2cc(CCOc3cccc(C(F)(F)F)c3)[nH]n2)C1. The smallest absolute Gasteiger partial charge is 0.416 e. The van der Waals surface area contributed by atoms with Crippen molar-refractivity contribution in [1.82, 2.24) is 15.1 Å². The molecule has 162 valence electrons. The normalized spacial score (nSPS) is 20.1. The first-order chi connectivity index (χ1) is 14.4. The highest BCUT2D eigenvalue weighted by atomic mass is 19.4. The fourth-order valence-electron chi connectivity index (χ4n) is 4.39. The molecule has 4 rings (SSSR count). The van der Waals surface area contributed by atoms with Gasteiger partial charge in [-0.15, -0.1) is 0 Å². The molecule has 8 heteroatoms. The lowest BCUT2D eigenvalue weighted by molar-refractivity contribution is -0.137. The lowest BCUT2D eigenvalue weighted by Gasteiger charge is -2.20. The highest BCUT2D eigenvalue weighted by Crippen LogP contribution is 2.32. The van der Waals surface area contributed by atoms with E-state index in [-0.39, 0.29) is 24.2 Å². The van der Waals surface area contributed by atoms with E-state index in [0.717, 1.165) is 62.2 Å². The molecule has 1 saturated heterocycles. The summed E-state index contributed by atoms with van der Waals surface area (Å²) in [4.78, 5) is 14.6. The number of aromatic nitrogens is 2. The van der Waals surface area contributed by atoms with Crippen molar-refractivity contribution in [3.8, 4) is 5.75 Å². The Morgan fingerprint density at radius 1 is 1.20 bits per heavy atom. The van der Waals surface area contributed by atoms with Crippen LogP contribution in [0.5, 0.6) is 5.75 Å². The van der Waals surface area contributed by atoms with Crippen molar-refractivity contribution >= 4 is 5.91 Å². The van der Waals surface area contributed by atoms with Gasteiger partial charge in [0.2, 0.25) is 5.91 Å². The van der Waals surface area contributed by atoms with Crippen LogP contribution in [0, 0.1) is 5.92 Å². The number of likely N-dealkylation sites (tertiary alicyclic amines) is 1. The molecule has 2 aliphatic rings. The minimum Gasteiger partial charge on any atom is -0.493 e. The van der Waals surface area contributed by atoms with E-state index >= 15 is 0 Å². The van der Waals surface area contributed by atoms with Crippen molar-refractivity contribution in [2.45, 2.75) is 50.6 Å². The summed E-state index contributed by atoms with van der Waals surface area (Å²) in [5, 5.41) is 7.38. The Morgan fingerprint density at radius 3 is 2.77 bits per heavy atom. The van der Waals surface area contributed by atoms with E-state index in [2.05, 4.69) is 10.2 Å². The van der Waals surface area contributed by atoms with E-state index in [0.29, 0.717) is 18.9 Å². The van der Waals surface area contributed by atoms with Crippen molar-refractivity contribution in [2.75, 3.05) is 19.7 Å². The van der Waals surface area contributed by atoms with E-state index < -0.39 is 11.7 Å². The Kier molecular flexibility index (Phi) is 6.01. The molecule has 1 aliphatic heterocycles. The molecule has 0 radical (unpaired) electrons. The van der Waals surface area contributed by atoms with Crippen molar-refractivity contribution in [2.24, 2.45) is 5.92 Å². The van der Waals surface area contributed by atoms with Crippen molar-refractivity contribution in [3.05, 3.63) is 47.3 Å².